The molecule has 2 nitrogen and oxygen atoms in total. The molecule has 0 heterocycles. The van der Waals surface area contributed by atoms with Gasteiger partial charge in [-0.25, -0.2) is 0 Å². The summed E-state index contributed by atoms with van der Waals surface area (Å²) < 4.78 is 0. The van der Waals surface area contributed by atoms with E-state index in [1.807, 2.05) is 39.1 Å². The van der Waals surface area contributed by atoms with Crippen LogP contribution in [0.1, 0.15) is 20.8 Å². The quantitative estimate of drug-likeness (QED) is 0.573. The lowest BCUT2D eigenvalue weighted by molar-refractivity contribution is 1.32. The fourth-order valence-electron chi connectivity index (χ4n) is 0.504. The van der Waals surface area contributed by atoms with Crippen molar-refractivity contribution in [1.29, 1.82) is 0 Å². The van der Waals surface area contributed by atoms with E-state index in [4.69, 9.17) is 0 Å². The zero-order chi connectivity index (χ0) is 9.40. The molecule has 0 aromatic rings. The van der Waals surface area contributed by atoms with E-state index in [0.29, 0.717) is 0 Å². The molecular weight excluding hydrogens is 148 g/mol. The average Bonchev–Trinajstić information content (AvgIpc) is 2.10. The molecule has 2 heteroatoms. The van der Waals surface area contributed by atoms with Crippen molar-refractivity contribution in [2.24, 2.45) is 9.98 Å². The molecule has 0 aromatic carbocycles. The first-order valence-electron chi connectivity index (χ1n) is 3.96. The highest BCUT2D eigenvalue weighted by molar-refractivity contribution is 5.79. The highest BCUT2D eigenvalue weighted by Gasteiger charge is 1.80. The summed E-state index contributed by atoms with van der Waals surface area (Å²) in [6, 6.07) is 0. The van der Waals surface area contributed by atoms with Gasteiger partial charge in [-0.05, 0) is 32.4 Å². The van der Waals surface area contributed by atoms with Crippen LogP contribution in [0.5, 0.6) is 0 Å². The van der Waals surface area contributed by atoms with Crippen LogP contribution in [-0.2, 0) is 0 Å². The summed E-state index contributed by atoms with van der Waals surface area (Å²) in [5, 5.41) is 0. The Balaban J connectivity index is 4.16. The normalized spacial score (nSPS) is 15.0. The third kappa shape index (κ3) is 5.59. The molecule has 0 rings (SSSR count). The van der Waals surface area contributed by atoms with E-state index >= 15 is 0 Å². The fourth-order valence-corrected chi connectivity index (χ4v) is 0.504. The molecule has 0 aliphatic heterocycles. The van der Waals surface area contributed by atoms with Crippen LogP contribution in [-0.4, -0.2) is 19.5 Å². The number of allylic oxidation sites excluding steroid dienone is 4. The number of hydrogen-bond acceptors (Lipinski definition) is 2. The molecule has 66 valence electrons. The van der Waals surface area contributed by atoms with Gasteiger partial charge in [0.15, 0.2) is 0 Å². The van der Waals surface area contributed by atoms with Crippen LogP contribution in [0.2, 0.25) is 0 Å². The Hall–Kier alpha value is -1.18. The van der Waals surface area contributed by atoms with Crippen molar-refractivity contribution >= 4 is 12.4 Å². The smallest absolute Gasteiger partial charge is 0.0387 e. The van der Waals surface area contributed by atoms with E-state index in [0.717, 1.165) is 11.3 Å². The van der Waals surface area contributed by atoms with Gasteiger partial charge in [0.05, 0.1) is 0 Å². The molecule has 0 fully saturated rings. The van der Waals surface area contributed by atoms with Gasteiger partial charge in [0.2, 0.25) is 0 Å². The van der Waals surface area contributed by atoms with Gasteiger partial charge < -0.3 is 0 Å². The predicted molar refractivity (Wildman–Crippen MR) is 56.1 cm³/mol. The summed E-state index contributed by atoms with van der Waals surface area (Å²) in [4.78, 5) is 8.04. The van der Waals surface area contributed by atoms with Gasteiger partial charge in [0.1, 0.15) is 0 Å². The first kappa shape index (κ1) is 10.8. The lowest BCUT2D eigenvalue weighted by Gasteiger charge is -1.89. The standard InChI is InChI=1S/C10H16N2/c1-5-9(2)8-12-10(3)6-7-11-4/h5-8H,1-4H3/b9-5-,10-6+,11-7?,12-8-. The maximum absolute atomic E-state index is 4.21. The van der Waals surface area contributed by atoms with Crippen molar-refractivity contribution in [2.75, 3.05) is 7.05 Å². The van der Waals surface area contributed by atoms with Gasteiger partial charge in [-0.2, -0.15) is 0 Å². The van der Waals surface area contributed by atoms with Crippen molar-refractivity contribution in [3.63, 3.8) is 0 Å². The molecule has 0 saturated heterocycles. The minimum absolute atomic E-state index is 0.960. The summed E-state index contributed by atoms with van der Waals surface area (Å²) in [5.74, 6) is 0. The number of aliphatic imine (C=N–C) groups is 2. The molecule has 0 aliphatic rings. The third-order valence-corrected chi connectivity index (χ3v) is 1.39. The SMILES string of the molecule is C\C=C(C)/C=N\C(C)=C\C=NC. The summed E-state index contributed by atoms with van der Waals surface area (Å²) >= 11 is 0. The van der Waals surface area contributed by atoms with Crippen LogP contribution in [0.25, 0.3) is 0 Å². The largest absolute Gasteiger partial charge is 0.296 e. The fraction of sp³-hybridized carbons (Fsp3) is 0.400. The van der Waals surface area contributed by atoms with Gasteiger partial charge in [-0.1, -0.05) is 6.08 Å². The van der Waals surface area contributed by atoms with E-state index in [1.54, 1.807) is 13.3 Å². The molecule has 0 amide bonds. The number of rotatable bonds is 3. The maximum atomic E-state index is 4.21. The van der Waals surface area contributed by atoms with E-state index in [2.05, 4.69) is 9.98 Å². The van der Waals surface area contributed by atoms with Crippen molar-refractivity contribution in [3.8, 4) is 0 Å². The van der Waals surface area contributed by atoms with Crippen molar-refractivity contribution in [3.05, 3.63) is 23.4 Å². The number of hydrogen-bond donors (Lipinski definition) is 0. The predicted octanol–water partition coefficient (Wildman–Crippen LogP) is 2.63. The molecule has 0 aliphatic carbocycles. The van der Waals surface area contributed by atoms with Crippen LogP contribution in [0.15, 0.2) is 33.4 Å². The van der Waals surface area contributed by atoms with Gasteiger partial charge in [0.25, 0.3) is 0 Å². The highest BCUT2D eigenvalue weighted by Crippen LogP contribution is 1.94. The lowest BCUT2D eigenvalue weighted by Crippen LogP contribution is -1.78. The Bertz CT molecular complexity index is 232. The van der Waals surface area contributed by atoms with Crippen molar-refractivity contribution in [1.82, 2.24) is 0 Å². The molecule has 0 aromatic heterocycles. The number of nitrogens with zero attached hydrogens (tertiary/aromatic N) is 2. The van der Waals surface area contributed by atoms with Crippen LogP contribution in [0.3, 0.4) is 0 Å². The zero-order valence-electron chi connectivity index (χ0n) is 8.20. The van der Waals surface area contributed by atoms with E-state index < -0.39 is 0 Å². The summed E-state index contributed by atoms with van der Waals surface area (Å²) in [7, 11) is 1.74. The third-order valence-electron chi connectivity index (χ3n) is 1.39. The van der Waals surface area contributed by atoms with Gasteiger partial charge in [0, 0.05) is 25.2 Å². The molecular formula is C10H16N2. The van der Waals surface area contributed by atoms with Crippen molar-refractivity contribution in [2.45, 2.75) is 20.8 Å². The molecule has 0 radical (unpaired) electrons. The van der Waals surface area contributed by atoms with Gasteiger partial charge in [-0.15, -0.1) is 0 Å². The minimum Gasteiger partial charge on any atom is -0.296 e. The molecule has 0 unspecified atom stereocenters. The minimum atomic E-state index is 0.960. The summed E-state index contributed by atoms with van der Waals surface area (Å²) in [6.07, 6.45) is 7.47. The average molecular weight is 164 g/mol. The summed E-state index contributed by atoms with van der Waals surface area (Å²) in [5.41, 5.74) is 2.12. The van der Waals surface area contributed by atoms with Gasteiger partial charge >= 0.3 is 0 Å². The molecule has 0 saturated carbocycles. The topological polar surface area (TPSA) is 24.7 Å². The molecule has 0 atom stereocenters. The first-order valence-corrected chi connectivity index (χ1v) is 3.96. The van der Waals surface area contributed by atoms with Crippen LogP contribution >= 0.6 is 0 Å². The second-order valence-corrected chi connectivity index (χ2v) is 2.51. The molecule has 0 spiro atoms. The van der Waals surface area contributed by atoms with E-state index in [1.165, 1.54) is 0 Å². The second kappa shape index (κ2) is 6.53. The molecule has 0 bridgehead atoms. The van der Waals surface area contributed by atoms with Gasteiger partial charge in [-0.3, -0.25) is 9.98 Å². The van der Waals surface area contributed by atoms with Crippen LogP contribution in [0, 0.1) is 0 Å². The monoisotopic (exact) mass is 164 g/mol. The Morgan fingerprint density at radius 2 is 1.92 bits per heavy atom. The lowest BCUT2D eigenvalue weighted by atomic mass is 10.3. The highest BCUT2D eigenvalue weighted by atomic mass is 14.7. The Morgan fingerprint density at radius 3 is 2.42 bits per heavy atom. The Kier molecular flexibility index (Phi) is 5.88. The van der Waals surface area contributed by atoms with Crippen LogP contribution in [0.4, 0.5) is 0 Å². The summed E-state index contributed by atoms with van der Waals surface area (Å²) in [6.45, 7) is 5.96. The maximum Gasteiger partial charge on any atom is 0.0387 e. The van der Waals surface area contributed by atoms with E-state index in [9.17, 15) is 0 Å². The molecule has 0 N–H and O–H groups in total. The second-order valence-electron chi connectivity index (χ2n) is 2.51. The first-order chi connectivity index (χ1) is 5.70. The van der Waals surface area contributed by atoms with Crippen molar-refractivity contribution < 1.29 is 0 Å². The Morgan fingerprint density at radius 1 is 1.25 bits per heavy atom. The van der Waals surface area contributed by atoms with Crippen LogP contribution < -0.4 is 0 Å². The molecule has 12 heavy (non-hydrogen) atoms. The van der Waals surface area contributed by atoms with E-state index in [-0.39, 0.29) is 0 Å². The zero-order valence-corrected chi connectivity index (χ0v) is 8.20. The Labute approximate surface area is 74.4 Å².